The maximum absolute atomic E-state index is 10.9. The van der Waals surface area contributed by atoms with Gasteiger partial charge >= 0.3 is 29.6 Å². The van der Waals surface area contributed by atoms with Crippen molar-refractivity contribution in [3.8, 4) is 0 Å². The third kappa shape index (κ3) is 5.95. The predicted molar refractivity (Wildman–Crippen MR) is 53.7 cm³/mol. The zero-order valence-corrected chi connectivity index (χ0v) is 13.0. The van der Waals surface area contributed by atoms with Crippen molar-refractivity contribution in [3.63, 3.8) is 0 Å². The first kappa shape index (κ1) is 16.8. The minimum absolute atomic E-state index is 0. The van der Waals surface area contributed by atoms with Crippen LogP contribution < -0.4 is 34.3 Å². The van der Waals surface area contributed by atoms with Gasteiger partial charge in [-0.2, -0.15) is 0 Å². The quantitative estimate of drug-likeness (QED) is 0.424. The molecule has 0 aromatic carbocycles. The largest absolute Gasteiger partial charge is 1.00 e. The van der Waals surface area contributed by atoms with Crippen LogP contribution in [0.5, 0.6) is 0 Å². The van der Waals surface area contributed by atoms with E-state index in [0.717, 1.165) is 6.26 Å². The molecule has 9 heteroatoms. The predicted octanol–water partition coefficient (Wildman–Crippen LogP) is -3.60. The van der Waals surface area contributed by atoms with Gasteiger partial charge in [-0.1, -0.05) is 6.42 Å². The molecule has 1 aliphatic rings. The molecule has 0 aliphatic heterocycles. The molecule has 0 radical (unpaired) electrons. The Kier molecular flexibility index (Phi) is 6.44. The Balaban J connectivity index is 0.00000225. The summed E-state index contributed by atoms with van der Waals surface area (Å²) in [6.45, 7) is 0. The Labute approximate surface area is 118 Å². The molecule has 1 N–H and O–H groups in total. The summed E-state index contributed by atoms with van der Waals surface area (Å²) in [5, 5.41) is -0.953. The number of sulfonamides is 1. The molecule has 1 fully saturated rings. The van der Waals surface area contributed by atoms with Gasteiger partial charge < -0.3 is 4.55 Å². The second kappa shape index (κ2) is 6.12. The molecule has 0 aromatic heterocycles. The van der Waals surface area contributed by atoms with Crippen molar-refractivity contribution in [2.45, 2.75) is 37.0 Å². The molecule has 1 saturated carbocycles. The van der Waals surface area contributed by atoms with E-state index in [9.17, 15) is 21.4 Å². The van der Waals surface area contributed by atoms with Gasteiger partial charge in [0.1, 0.15) is 0 Å². The molecule has 2 atom stereocenters. The van der Waals surface area contributed by atoms with Crippen molar-refractivity contribution < 1.29 is 50.9 Å². The van der Waals surface area contributed by atoms with Crippen LogP contribution in [0.4, 0.5) is 0 Å². The molecule has 2 unspecified atom stereocenters. The summed E-state index contributed by atoms with van der Waals surface area (Å²) in [4.78, 5) is 0. The molecule has 0 heterocycles. The summed E-state index contributed by atoms with van der Waals surface area (Å²) in [5.41, 5.74) is 0. The van der Waals surface area contributed by atoms with Gasteiger partial charge in [-0.25, -0.2) is 21.6 Å². The van der Waals surface area contributed by atoms with Gasteiger partial charge in [0.05, 0.1) is 21.6 Å². The Hall–Kier alpha value is 0.820. The Morgan fingerprint density at radius 3 is 2.19 bits per heavy atom. The van der Waals surface area contributed by atoms with Crippen molar-refractivity contribution in [1.82, 2.24) is 4.72 Å². The van der Waals surface area contributed by atoms with Gasteiger partial charge in [-0.3, -0.25) is 0 Å². The van der Waals surface area contributed by atoms with E-state index in [-0.39, 0.29) is 36.0 Å². The maximum atomic E-state index is 10.9. The fourth-order valence-electron chi connectivity index (χ4n) is 1.82. The summed E-state index contributed by atoms with van der Waals surface area (Å²) in [6.07, 6.45) is 2.56. The maximum Gasteiger partial charge on any atom is 1.00 e. The molecule has 0 bridgehead atoms. The van der Waals surface area contributed by atoms with Crippen LogP contribution in [0, 0.1) is 0 Å². The van der Waals surface area contributed by atoms with Crippen LogP contribution in [0.3, 0.4) is 0 Å². The van der Waals surface area contributed by atoms with Crippen molar-refractivity contribution in [2.75, 3.05) is 6.26 Å². The fraction of sp³-hybridized carbons (Fsp3) is 1.00. The van der Waals surface area contributed by atoms with Crippen LogP contribution >= 0.6 is 0 Å². The van der Waals surface area contributed by atoms with Crippen LogP contribution in [-0.4, -0.2) is 38.9 Å². The van der Waals surface area contributed by atoms with Crippen molar-refractivity contribution in [2.24, 2.45) is 0 Å². The second-order valence-electron chi connectivity index (χ2n) is 3.87. The van der Waals surface area contributed by atoms with Crippen LogP contribution in [-0.2, 0) is 20.1 Å². The molecule has 0 saturated heterocycles. The van der Waals surface area contributed by atoms with E-state index in [1.807, 2.05) is 0 Å². The number of nitrogens with one attached hydrogen (secondary N) is 1. The molecule has 16 heavy (non-hydrogen) atoms. The van der Waals surface area contributed by atoms with E-state index in [4.69, 9.17) is 0 Å². The molecule has 1 aliphatic carbocycles. The first-order valence-electron chi connectivity index (χ1n) is 4.60. The minimum atomic E-state index is -4.30. The molecular formula is C7H14NNaO5S2. The average Bonchev–Trinajstić information content (AvgIpc) is 1.99. The zero-order chi connectivity index (χ0) is 11.7. The molecule has 90 valence electrons. The van der Waals surface area contributed by atoms with Gasteiger partial charge in [0.25, 0.3) is 0 Å². The molecular weight excluding hydrogens is 265 g/mol. The summed E-state index contributed by atoms with van der Waals surface area (Å²) < 4.78 is 56.5. The summed E-state index contributed by atoms with van der Waals surface area (Å²) in [5.74, 6) is 0. The van der Waals surface area contributed by atoms with Crippen LogP contribution in [0.2, 0.25) is 0 Å². The van der Waals surface area contributed by atoms with Crippen LogP contribution in [0.1, 0.15) is 25.7 Å². The number of rotatable bonds is 3. The van der Waals surface area contributed by atoms with Gasteiger partial charge in [0, 0.05) is 6.04 Å². The second-order valence-corrected chi connectivity index (χ2v) is 7.30. The van der Waals surface area contributed by atoms with Crippen molar-refractivity contribution >= 4 is 20.1 Å². The average molecular weight is 279 g/mol. The van der Waals surface area contributed by atoms with E-state index in [2.05, 4.69) is 4.72 Å². The normalized spacial score (nSPS) is 27.1. The molecule has 0 aromatic rings. The molecule has 0 spiro atoms. The molecule has 1 rings (SSSR count). The summed E-state index contributed by atoms with van der Waals surface area (Å²) in [6, 6.07) is -0.428. The first-order chi connectivity index (χ1) is 6.68. The van der Waals surface area contributed by atoms with Gasteiger partial charge in [0.15, 0.2) is 0 Å². The topological polar surface area (TPSA) is 103 Å². The van der Waals surface area contributed by atoms with Crippen LogP contribution in [0.25, 0.3) is 0 Å². The van der Waals surface area contributed by atoms with E-state index in [0.29, 0.717) is 19.3 Å². The van der Waals surface area contributed by atoms with E-state index in [1.54, 1.807) is 0 Å². The Morgan fingerprint density at radius 1 is 1.19 bits per heavy atom. The fourth-order valence-corrected chi connectivity index (χ4v) is 3.56. The molecule has 0 amide bonds. The SMILES string of the molecule is CS(=O)(=O)NC1CCCC(S(=O)(=O)[O-])C1.[Na+]. The van der Waals surface area contributed by atoms with E-state index < -0.39 is 31.4 Å². The third-order valence-corrected chi connectivity index (χ3v) is 4.42. The smallest absolute Gasteiger partial charge is 0.748 e. The Morgan fingerprint density at radius 2 is 1.75 bits per heavy atom. The monoisotopic (exact) mass is 279 g/mol. The molecule has 6 nitrogen and oxygen atoms in total. The van der Waals surface area contributed by atoms with Crippen molar-refractivity contribution in [1.29, 1.82) is 0 Å². The summed E-state index contributed by atoms with van der Waals surface area (Å²) >= 11 is 0. The number of hydrogen-bond donors (Lipinski definition) is 1. The van der Waals surface area contributed by atoms with E-state index >= 15 is 0 Å². The van der Waals surface area contributed by atoms with Crippen LogP contribution in [0.15, 0.2) is 0 Å². The van der Waals surface area contributed by atoms with E-state index in [1.165, 1.54) is 0 Å². The first-order valence-corrected chi connectivity index (χ1v) is 7.97. The third-order valence-electron chi connectivity index (χ3n) is 2.42. The Bertz CT molecular complexity index is 418. The standard InChI is InChI=1S/C7H15NO5S2.Na/c1-14(9,10)8-6-3-2-4-7(5-6)15(11,12)13;/h6-8H,2-5H2,1H3,(H,11,12,13);/q;+1/p-1. The summed E-state index contributed by atoms with van der Waals surface area (Å²) in [7, 11) is -7.64. The minimum Gasteiger partial charge on any atom is -0.748 e. The van der Waals surface area contributed by atoms with Gasteiger partial charge in [0.2, 0.25) is 10.0 Å². The number of hydrogen-bond acceptors (Lipinski definition) is 5. The zero-order valence-electron chi connectivity index (χ0n) is 9.34. The van der Waals surface area contributed by atoms with Gasteiger partial charge in [-0.15, -0.1) is 0 Å². The van der Waals surface area contributed by atoms with Crippen molar-refractivity contribution in [3.05, 3.63) is 0 Å². The van der Waals surface area contributed by atoms with Gasteiger partial charge in [-0.05, 0) is 19.3 Å².